The Kier molecular flexibility index (Phi) is 4.88. The van der Waals surface area contributed by atoms with Crippen molar-refractivity contribution >= 4 is 16.8 Å². The highest BCUT2D eigenvalue weighted by Crippen LogP contribution is 2.32. The van der Waals surface area contributed by atoms with Gasteiger partial charge in [-0.15, -0.1) is 0 Å². The number of amides is 1. The van der Waals surface area contributed by atoms with Gasteiger partial charge in [0.1, 0.15) is 11.3 Å². The summed E-state index contributed by atoms with van der Waals surface area (Å²) in [6.45, 7) is 0. The van der Waals surface area contributed by atoms with Gasteiger partial charge in [-0.2, -0.15) is 0 Å². The van der Waals surface area contributed by atoms with E-state index in [1.807, 2.05) is 18.2 Å². The van der Waals surface area contributed by atoms with Crippen LogP contribution in [0.15, 0.2) is 60.8 Å². The highest BCUT2D eigenvalue weighted by atomic mass is 19.1. The predicted molar refractivity (Wildman–Crippen MR) is 105 cm³/mol. The maximum atomic E-state index is 13.8. The number of halogens is 1. The SMILES string of the molecule is O=C(NC1(Cc2ccccc2)CCCCC1)c1cnc2c(F)cccc2c1. The minimum absolute atomic E-state index is 0.133. The van der Waals surface area contributed by atoms with E-state index in [1.165, 1.54) is 24.2 Å². The first-order valence-corrected chi connectivity index (χ1v) is 9.56. The van der Waals surface area contributed by atoms with Crippen LogP contribution >= 0.6 is 0 Å². The average molecular weight is 362 g/mol. The molecule has 3 nitrogen and oxygen atoms in total. The molecule has 1 N–H and O–H groups in total. The van der Waals surface area contributed by atoms with Gasteiger partial charge in [0.2, 0.25) is 0 Å². The van der Waals surface area contributed by atoms with Gasteiger partial charge in [-0.1, -0.05) is 61.7 Å². The highest BCUT2D eigenvalue weighted by molar-refractivity contribution is 5.97. The molecule has 1 aromatic heterocycles. The number of carbonyl (C=O) groups is 1. The summed E-state index contributed by atoms with van der Waals surface area (Å²) in [6, 6.07) is 16.8. The Hall–Kier alpha value is -2.75. The van der Waals surface area contributed by atoms with E-state index in [0.29, 0.717) is 16.5 Å². The molecular formula is C23H23FN2O. The maximum absolute atomic E-state index is 13.8. The zero-order chi connectivity index (χ0) is 18.7. The summed E-state index contributed by atoms with van der Waals surface area (Å²) in [5, 5.41) is 3.95. The number of nitrogens with one attached hydrogen (secondary N) is 1. The fraction of sp³-hybridized carbons (Fsp3) is 0.304. The summed E-state index contributed by atoms with van der Waals surface area (Å²) in [5.41, 5.74) is 1.78. The van der Waals surface area contributed by atoms with Crippen LogP contribution in [0.4, 0.5) is 4.39 Å². The Morgan fingerprint density at radius 1 is 1.04 bits per heavy atom. The number of nitrogens with zero attached hydrogens (tertiary/aromatic N) is 1. The largest absolute Gasteiger partial charge is 0.346 e. The van der Waals surface area contributed by atoms with Crippen molar-refractivity contribution in [3.63, 3.8) is 0 Å². The van der Waals surface area contributed by atoms with Gasteiger partial charge in [-0.05, 0) is 37.0 Å². The quantitative estimate of drug-likeness (QED) is 0.706. The minimum atomic E-state index is -0.368. The Bertz CT molecular complexity index is 949. The topological polar surface area (TPSA) is 42.0 Å². The van der Waals surface area contributed by atoms with Crippen molar-refractivity contribution in [1.82, 2.24) is 10.3 Å². The van der Waals surface area contributed by atoms with Crippen LogP contribution in [0.25, 0.3) is 10.9 Å². The molecule has 4 rings (SSSR count). The van der Waals surface area contributed by atoms with Crippen LogP contribution < -0.4 is 5.32 Å². The molecule has 0 bridgehead atoms. The summed E-state index contributed by atoms with van der Waals surface area (Å²) in [7, 11) is 0. The van der Waals surface area contributed by atoms with Gasteiger partial charge in [0.05, 0.1) is 5.56 Å². The first-order chi connectivity index (χ1) is 13.2. The van der Waals surface area contributed by atoms with Crippen LogP contribution in [0, 0.1) is 5.82 Å². The number of hydrogen-bond donors (Lipinski definition) is 1. The van der Waals surface area contributed by atoms with Crippen molar-refractivity contribution in [2.45, 2.75) is 44.1 Å². The third-order valence-corrected chi connectivity index (χ3v) is 5.50. The van der Waals surface area contributed by atoms with E-state index < -0.39 is 0 Å². The molecule has 2 aromatic carbocycles. The van der Waals surface area contributed by atoms with Crippen LogP contribution in [0.5, 0.6) is 0 Å². The summed E-state index contributed by atoms with van der Waals surface area (Å²) in [4.78, 5) is 17.2. The standard InChI is InChI=1S/C23H23FN2O/c24-20-11-7-10-18-14-19(16-25-21(18)20)22(27)26-23(12-5-2-6-13-23)15-17-8-3-1-4-9-17/h1,3-4,7-11,14,16H,2,5-6,12-13,15H2,(H,26,27). The molecule has 1 heterocycles. The average Bonchev–Trinajstić information content (AvgIpc) is 2.69. The van der Waals surface area contributed by atoms with Crippen molar-refractivity contribution in [3.8, 4) is 0 Å². The molecule has 27 heavy (non-hydrogen) atoms. The number of rotatable bonds is 4. The van der Waals surface area contributed by atoms with Crippen LogP contribution in [0.3, 0.4) is 0 Å². The second-order valence-electron chi connectivity index (χ2n) is 7.49. The van der Waals surface area contributed by atoms with Gasteiger partial charge in [0.25, 0.3) is 5.91 Å². The van der Waals surface area contributed by atoms with Crippen LogP contribution in [-0.4, -0.2) is 16.4 Å². The lowest BCUT2D eigenvalue weighted by molar-refractivity contribution is 0.0868. The van der Waals surface area contributed by atoms with Gasteiger partial charge < -0.3 is 5.32 Å². The smallest absolute Gasteiger partial charge is 0.253 e. The van der Waals surface area contributed by atoms with Gasteiger partial charge in [0.15, 0.2) is 0 Å². The Morgan fingerprint density at radius 2 is 1.81 bits per heavy atom. The van der Waals surface area contributed by atoms with Crippen molar-refractivity contribution in [2.24, 2.45) is 0 Å². The first kappa shape index (κ1) is 17.7. The Labute approximate surface area is 158 Å². The van der Waals surface area contributed by atoms with E-state index >= 15 is 0 Å². The van der Waals surface area contributed by atoms with Crippen molar-refractivity contribution in [3.05, 3.63) is 77.7 Å². The number of carbonyl (C=O) groups excluding carboxylic acids is 1. The number of aromatic nitrogens is 1. The fourth-order valence-electron chi connectivity index (χ4n) is 4.12. The predicted octanol–water partition coefficient (Wildman–Crippen LogP) is 5.05. The van der Waals surface area contributed by atoms with Gasteiger partial charge in [-0.25, -0.2) is 4.39 Å². The molecule has 0 aliphatic heterocycles. The molecule has 3 aromatic rings. The van der Waals surface area contributed by atoms with Crippen molar-refractivity contribution in [1.29, 1.82) is 0 Å². The maximum Gasteiger partial charge on any atom is 0.253 e. The minimum Gasteiger partial charge on any atom is -0.346 e. The number of pyridine rings is 1. The zero-order valence-corrected chi connectivity index (χ0v) is 15.2. The first-order valence-electron chi connectivity index (χ1n) is 9.56. The molecule has 1 fully saturated rings. The van der Waals surface area contributed by atoms with E-state index in [0.717, 1.165) is 32.1 Å². The number of benzene rings is 2. The monoisotopic (exact) mass is 362 g/mol. The fourth-order valence-corrected chi connectivity index (χ4v) is 4.12. The second kappa shape index (κ2) is 7.47. The number of fused-ring (bicyclic) bond motifs is 1. The van der Waals surface area contributed by atoms with Gasteiger partial charge in [0, 0.05) is 17.1 Å². The lowest BCUT2D eigenvalue weighted by Gasteiger charge is -2.38. The number of para-hydroxylation sites is 1. The molecule has 138 valence electrons. The molecule has 1 amide bonds. The Morgan fingerprint density at radius 3 is 2.59 bits per heavy atom. The molecule has 4 heteroatoms. The molecule has 0 atom stereocenters. The molecule has 1 saturated carbocycles. The molecule has 0 radical (unpaired) electrons. The van der Waals surface area contributed by atoms with Crippen LogP contribution in [0.1, 0.15) is 48.0 Å². The van der Waals surface area contributed by atoms with Crippen molar-refractivity contribution < 1.29 is 9.18 Å². The number of hydrogen-bond acceptors (Lipinski definition) is 2. The summed E-state index contributed by atoms with van der Waals surface area (Å²) in [5.74, 6) is -0.501. The highest BCUT2D eigenvalue weighted by Gasteiger charge is 2.34. The molecule has 0 unspecified atom stereocenters. The van der Waals surface area contributed by atoms with E-state index in [4.69, 9.17) is 0 Å². The zero-order valence-electron chi connectivity index (χ0n) is 15.2. The Balaban J connectivity index is 1.60. The third kappa shape index (κ3) is 3.85. The molecule has 0 spiro atoms. The van der Waals surface area contributed by atoms with Gasteiger partial charge in [-0.3, -0.25) is 9.78 Å². The van der Waals surface area contributed by atoms with Crippen LogP contribution in [-0.2, 0) is 6.42 Å². The molecule has 1 aliphatic carbocycles. The van der Waals surface area contributed by atoms with Crippen molar-refractivity contribution in [2.75, 3.05) is 0 Å². The lowest BCUT2D eigenvalue weighted by Crippen LogP contribution is -2.51. The van der Waals surface area contributed by atoms with E-state index in [2.05, 4.69) is 22.4 Å². The molecule has 0 saturated heterocycles. The third-order valence-electron chi connectivity index (χ3n) is 5.50. The summed E-state index contributed by atoms with van der Waals surface area (Å²) >= 11 is 0. The van der Waals surface area contributed by atoms with E-state index in [1.54, 1.807) is 18.2 Å². The lowest BCUT2D eigenvalue weighted by atomic mass is 9.77. The summed E-state index contributed by atoms with van der Waals surface area (Å²) in [6.07, 6.45) is 7.70. The van der Waals surface area contributed by atoms with E-state index in [-0.39, 0.29) is 17.3 Å². The molecular weight excluding hydrogens is 339 g/mol. The molecule has 1 aliphatic rings. The van der Waals surface area contributed by atoms with E-state index in [9.17, 15) is 9.18 Å². The van der Waals surface area contributed by atoms with Crippen LogP contribution in [0.2, 0.25) is 0 Å². The normalized spacial score (nSPS) is 16.2. The summed E-state index contributed by atoms with van der Waals surface area (Å²) < 4.78 is 13.8. The van der Waals surface area contributed by atoms with Gasteiger partial charge >= 0.3 is 0 Å². The second-order valence-corrected chi connectivity index (χ2v) is 7.49.